The van der Waals surface area contributed by atoms with Crippen LogP contribution >= 0.6 is 11.3 Å². The molecule has 2 aliphatic rings. The predicted octanol–water partition coefficient (Wildman–Crippen LogP) is 3.43. The highest BCUT2D eigenvalue weighted by molar-refractivity contribution is 7.22. The molecule has 10 heteroatoms. The maximum Gasteiger partial charge on any atom is 0.258 e. The Kier molecular flexibility index (Phi) is 6.36. The second-order valence-electron chi connectivity index (χ2n) is 11.0. The van der Waals surface area contributed by atoms with Crippen molar-refractivity contribution in [1.82, 2.24) is 30.2 Å². The number of piperazine rings is 1. The van der Waals surface area contributed by atoms with Crippen molar-refractivity contribution in [1.29, 1.82) is 0 Å². The summed E-state index contributed by atoms with van der Waals surface area (Å²) in [6, 6.07) is 16.6. The monoisotopic (exact) mass is 541 g/mol. The summed E-state index contributed by atoms with van der Waals surface area (Å²) in [5.74, 6) is 0.808. The van der Waals surface area contributed by atoms with E-state index in [0.29, 0.717) is 0 Å². The molecule has 2 fully saturated rings. The second kappa shape index (κ2) is 10.2. The van der Waals surface area contributed by atoms with Crippen LogP contribution in [0.1, 0.15) is 61.1 Å². The first-order valence-corrected chi connectivity index (χ1v) is 14.8. The molecule has 1 aliphatic carbocycles. The van der Waals surface area contributed by atoms with Crippen molar-refractivity contribution in [3.05, 3.63) is 75.8 Å². The molecule has 1 saturated heterocycles. The van der Waals surface area contributed by atoms with Gasteiger partial charge in [-0.25, -0.2) is 9.67 Å². The zero-order valence-corrected chi connectivity index (χ0v) is 23.0. The third-order valence-corrected chi connectivity index (χ3v) is 9.50. The summed E-state index contributed by atoms with van der Waals surface area (Å²) in [7, 11) is 0. The number of nitrogens with one attached hydrogen (secondary N) is 2. The van der Waals surface area contributed by atoms with E-state index in [1.807, 2.05) is 22.9 Å². The lowest BCUT2D eigenvalue weighted by atomic mass is 9.95. The van der Waals surface area contributed by atoms with Gasteiger partial charge in [-0.15, -0.1) is 5.10 Å². The largest absolute Gasteiger partial charge is 0.337 e. The number of H-pyrrole nitrogens is 1. The standard InChI is InChI=1S/C29H32N8OS/c1-19-11-12-23-20(17-19)18-22(28(38)30-23)26(27-32-33-34-37(27)21-7-3-2-4-8-21)35-13-15-36(16-14-35)29-31-24-9-5-6-10-25(24)39-29/h5-6,9-12,17-18,21,26H,2-4,7-8,13-16H2,1H3,(H,30,38)/p+1/t26-/m0/s1. The van der Waals surface area contributed by atoms with Crippen LogP contribution in [-0.2, 0) is 0 Å². The molecule has 9 nitrogen and oxygen atoms in total. The molecular weight excluding hydrogens is 508 g/mol. The Balaban J connectivity index is 1.25. The number of aromatic amines is 1. The van der Waals surface area contributed by atoms with Gasteiger partial charge in [-0.1, -0.05) is 54.4 Å². The average molecular weight is 542 g/mol. The maximum absolute atomic E-state index is 13.6. The van der Waals surface area contributed by atoms with Crippen molar-refractivity contribution in [2.24, 2.45) is 0 Å². The number of anilines is 1. The SMILES string of the molecule is Cc1ccc2[nH]c(=O)c([C@@H](c3nnnn3C3CCCCC3)[NH+]3CCN(c4nc5ccccc5s4)CC3)cc2c1. The van der Waals surface area contributed by atoms with E-state index in [2.05, 4.69) is 62.7 Å². The molecule has 5 aromatic rings. The van der Waals surface area contributed by atoms with Crippen LogP contribution < -0.4 is 15.4 Å². The first-order chi connectivity index (χ1) is 19.1. The molecule has 1 aliphatic heterocycles. The van der Waals surface area contributed by atoms with Gasteiger partial charge in [-0.3, -0.25) is 4.79 Å². The van der Waals surface area contributed by atoms with Gasteiger partial charge in [0.15, 0.2) is 11.2 Å². The number of hydrogen-bond acceptors (Lipinski definition) is 7. The molecule has 39 heavy (non-hydrogen) atoms. The molecular formula is C29H33N8OS+. The van der Waals surface area contributed by atoms with E-state index in [4.69, 9.17) is 4.98 Å². The van der Waals surface area contributed by atoms with Gasteiger partial charge in [0.05, 0.1) is 48.0 Å². The van der Waals surface area contributed by atoms with Crippen molar-refractivity contribution in [2.45, 2.75) is 51.1 Å². The van der Waals surface area contributed by atoms with Gasteiger partial charge in [0, 0.05) is 5.52 Å². The van der Waals surface area contributed by atoms with E-state index in [9.17, 15) is 4.79 Å². The van der Waals surface area contributed by atoms with Crippen LogP contribution in [-0.4, -0.2) is 56.4 Å². The zero-order chi connectivity index (χ0) is 26.3. The summed E-state index contributed by atoms with van der Waals surface area (Å²) >= 11 is 1.75. The maximum atomic E-state index is 13.6. The van der Waals surface area contributed by atoms with Crippen LogP contribution in [0.15, 0.2) is 53.3 Å². The quantitative estimate of drug-likeness (QED) is 0.354. The molecule has 7 rings (SSSR count). The van der Waals surface area contributed by atoms with E-state index < -0.39 is 0 Å². The second-order valence-corrected chi connectivity index (χ2v) is 12.0. The van der Waals surface area contributed by atoms with Gasteiger partial charge in [-0.05, 0) is 65.9 Å². The zero-order valence-electron chi connectivity index (χ0n) is 22.1. The number of aromatic nitrogens is 6. The summed E-state index contributed by atoms with van der Waals surface area (Å²) in [6.45, 7) is 5.53. The number of benzene rings is 2. The molecule has 200 valence electrons. The lowest BCUT2D eigenvalue weighted by Crippen LogP contribution is -3.15. The van der Waals surface area contributed by atoms with Crippen molar-refractivity contribution in [3.8, 4) is 0 Å². The highest BCUT2D eigenvalue weighted by Crippen LogP contribution is 2.31. The number of aryl methyl sites for hydroxylation is 1. The number of tetrazole rings is 1. The van der Waals surface area contributed by atoms with E-state index in [0.717, 1.165) is 72.0 Å². The molecule has 1 saturated carbocycles. The first kappa shape index (κ1) is 24.4. The number of nitrogens with zero attached hydrogens (tertiary/aromatic N) is 6. The smallest absolute Gasteiger partial charge is 0.258 e. The summed E-state index contributed by atoms with van der Waals surface area (Å²) < 4.78 is 3.25. The minimum atomic E-state index is -0.242. The molecule has 2 aromatic carbocycles. The molecule has 1 atom stereocenters. The summed E-state index contributed by atoms with van der Waals surface area (Å²) in [4.78, 5) is 25.3. The topological polar surface area (TPSA) is 97.0 Å². The lowest BCUT2D eigenvalue weighted by Gasteiger charge is -2.36. The van der Waals surface area contributed by atoms with Crippen molar-refractivity contribution < 1.29 is 4.90 Å². The third kappa shape index (κ3) is 4.61. The van der Waals surface area contributed by atoms with Gasteiger partial charge in [0.2, 0.25) is 5.82 Å². The van der Waals surface area contributed by atoms with Gasteiger partial charge in [-0.2, -0.15) is 0 Å². The Morgan fingerprint density at radius 3 is 2.69 bits per heavy atom. The lowest BCUT2D eigenvalue weighted by molar-refractivity contribution is -0.927. The van der Waals surface area contributed by atoms with E-state index in [1.54, 1.807) is 11.3 Å². The van der Waals surface area contributed by atoms with Crippen molar-refractivity contribution in [3.63, 3.8) is 0 Å². The van der Waals surface area contributed by atoms with Crippen LogP contribution in [0, 0.1) is 6.92 Å². The normalized spacial score (nSPS) is 18.2. The number of fused-ring (bicyclic) bond motifs is 2. The van der Waals surface area contributed by atoms with E-state index >= 15 is 0 Å². The van der Waals surface area contributed by atoms with Crippen molar-refractivity contribution >= 4 is 37.6 Å². The minimum absolute atomic E-state index is 0.0596. The summed E-state index contributed by atoms with van der Waals surface area (Å²) in [5.41, 5.74) is 3.75. The Labute approximate surface area is 230 Å². The molecule has 0 spiro atoms. The number of para-hydroxylation sites is 1. The Bertz CT molecular complexity index is 1640. The summed E-state index contributed by atoms with van der Waals surface area (Å²) in [5, 5.41) is 15.3. The van der Waals surface area contributed by atoms with Crippen LogP contribution in [0.5, 0.6) is 0 Å². The highest BCUT2D eigenvalue weighted by Gasteiger charge is 2.38. The van der Waals surface area contributed by atoms with E-state index in [1.165, 1.54) is 34.4 Å². The van der Waals surface area contributed by atoms with Gasteiger partial charge in [0.1, 0.15) is 0 Å². The Morgan fingerprint density at radius 2 is 1.87 bits per heavy atom. The number of thiazole rings is 1. The minimum Gasteiger partial charge on any atom is -0.337 e. The third-order valence-electron chi connectivity index (χ3n) is 8.40. The fourth-order valence-corrected chi connectivity index (χ4v) is 7.36. The number of rotatable bonds is 5. The molecule has 2 N–H and O–H groups in total. The van der Waals surface area contributed by atoms with Crippen LogP contribution in [0.25, 0.3) is 21.1 Å². The average Bonchev–Trinajstić information content (AvgIpc) is 3.62. The molecule has 3 aromatic heterocycles. The summed E-state index contributed by atoms with van der Waals surface area (Å²) in [6.07, 6.45) is 5.81. The fourth-order valence-electron chi connectivity index (χ4n) is 6.34. The van der Waals surface area contributed by atoms with Crippen LogP contribution in [0.4, 0.5) is 5.13 Å². The van der Waals surface area contributed by atoms with Crippen molar-refractivity contribution in [2.75, 3.05) is 31.1 Å². The highest BCUT2D eigenvalue weighted by atomic mass is 32.1. The van der Waals surface area contributed by atoms with Crippen LogP contribution in [0.3, 0.4) is 0 Å². The number of hydrogen-bond donors (Lipinski definition) is 2. The first-order valence-electron chi connectivity index (χ1n) is 14.0. The molecule has 0 bridgehead atoms. The molecule has 0 unspecified atom stereocenters. The Hall–Kier alpha value is -3.63. The molecule has 0 amide bonds. The number of pyridine rings is 1. The van der Waals surface area contributed by atoms with E-state index in [-0.39, 0.29) is 17.6 Å². The predicted molar refractivity (Wildman–Crippen MR) is 154 cm³/mol. The fraction of sp³-hybridized carbons (Fsp3) is 0.414. The Morgan fingerprint density at radius 1 is 1.05 bits per heavy atom. The van der Waals surface area contributed by atoms with Gasteiger partial charge >= 0.3 is 0 Å². The molecule has 4 heterocycles. The van der Waals surface area contributed by atoms with Gasteiger partial charge in [0.25, 0.3) is 5.56 Å². The van der Waals surface area contributed by atoms with Crippen LogP contribution in [0.2, 0.25) is 0 Å². The molecule has 0 radical (unpaired) electrons. The van der Waals surface area contributed by atoms with Gasteiger partial charge < -0.3 is 14.8 Å². The number of quaternary nitrogens is 1.